The van der Waals surface area contributed by atoms with Crippen molar-refractivity contribution < 1.29 is 29.3 Å². The van der Waals surface area contributed by atoms with Crippen molar-refractivity contribution in [3.63, 3.8) is 0 Å². The fraction of sp³-hybridized carbons (Fsp3) is 0.188. The topological polar surface area (TPSA) is 105 Å². The standard InChI is InChI=1S/C19H21NO3.C13H9IO3/c21-19(22)17-12-11-16(23-15-9-5-2-6-10-15)13-18(17)20-14-7-3-1-4-8-14;14-12-8-10(6-7-11(12)13(15)16)17-9-4-2-1-3-5-9/h2,5-6,9-14,20H,1,3-4,7-8H2,(H,21,22);1-8H,(H,15,16). The minimum Gasteiger partial charge on any atom is -0.478 e. The van der Waals surface area contributed by atoms with Gasteiger partial charge in [-0.2, -0.15) is 0 Å². The van der Waals surface area contributed by atoms with Gasteiger partial charge in [0.15, 0.2) is 0 Å². The third-order valence-electron chi connectivity index (χ3n) is 6.32. The fourth-order valence-corrected chi connectivity index (χ4v) is 5.06. The fourth-order valence-electron chi connectivity index (χ4n) is 4.34. The van der Waals surface area contributed by atoms with Crippen molar-refractivity contribution in [2.45, 2.75) is 38.1 Å². The zero-order valence-corrected chi connectivity index (χ0v) is 23.9. The minimum atomic E-state index is -0.930. The summed E-state index contributed by atoms with van der Waals surface area (Å²) in [6.45, 7) is 0. The third kappa shape index (κ3) is 8.47. The molecule has 1 fully saturated rings. The summed E-state index contributed by atoms with van der Waals surface area (Å²) in [5.41, 5.74) is 1.21. The number of anilines is 1. The van der Waals surface area contributed by atoms with Gasteiger partial charge in [-0.25, -0.2) is 9.59 Å². The molecule has 1 aliphatic rings. The third-order valence-corrected chi connectivity index (χ3v) is 7.21. The van der Waals surface area contributed by atoms with Gasteiger partial charge in [0.2, 0.25) is 0 Å². The molecule has 4 aromatic rings. The molecule has 0 radical (unpaired) electrons. The average Bonchev–Trinajstić information content (AvgIpc) is 2.95. The molecular weight excluding hydrogens is 621 g/mol. The smallest absolute Gasteiger partial charge is 0.337 e. The molecule has 3 N–H and O–H groups in total. The number of carboxylic acid groups (broad SMARTS) is 2. The molecule has 0 bridgehead atoms. The van der Waals surface area contributed by atoms with Gasteiger partial charge in [0, 0.05) is 15.7 Å². The Balaban J connectivity index is 0.000000194. The summed E-state index contributed by atoms with van der Waals surface area (Å²) >= 11 is 1.98. The Kier molecular flexibility index (Phi) is 10.4. The van der Waals surface area contributed by atoms with Crippen molar-refractivity contribution in [1.82, 2.24) is 0 Å². The van der Waals surface area contributed by atoms with E-state index in [2.05, 4.69) is 5.32 Å². The highest BCUT2D eigenvalue weighted by Crippen LogP contribution is 2.30. The van der Waals surface area contributed by atoms with Crippen molar-refractivity contribution in [2.24, 2.45) is 0 Å². The van der Waals surface area contributed by atoms with E-state index in [9.17, 15) is 14.7 Å². The van der Waals surface area contributed by atoms with E-state index in [1.807, 2.05) is 83.3 Å². The van der Waals surface area contributed by atoms with Crippen LogP contribution in [0.25, 0.3) is 0 Å². The minimum absolute atomic E-state index is 0.283. The Morgan fingerprint density at radius 2 is 1.15 bits per heavy atom. The van der Waals surface area contributed by atoms with Crippen LogP contribution in [-0.4, -0.2) is 28.2 Å². The van der Waals surface area contributed by atoms with Gasteiger partial charge < -0.3 is 25.0 Å². The van der Waals surface area contributed by atoms with E-state index in [-0.39, 0.29) is 11.1 Å². The Labute approximate surface area is 246 Å². The van der Waals surface area contributed by atoms with Crippen LogP contribution in [0.1, 0.15) is 52.8 Å². The van der Waals surface area contributed by atoms with Crippen LogP contribution in [0.4, 0.5) is 5.69 Å². The van der Waals surface area contributed by atoms with Gasteiger partial charge in [0.05, 0.1) is 16.8 Å². The van der Waals surface area contributed by atoms with Gasteiger partial charge in [-0.3, -0.25) is 0 Å². The van der Waals surface area contributed by atoms with Crippen LogP contribution in [0, 0.1) is 3.57 Å². The highest BCUT2D eigenvalue weighted by Gasteiger charge is 2.18. The predicted octanol–water partition coefficient (Wildman–Crippen LogP) is 8.70. The maximum atomic E-state index is 11.5. The Morgan fingerprint density at radius 3 is 1.65 bits per heavy atom. The van der Waals surface area contributed by atoms with E-state index in [1.165, 1.54) is 19.3 Å². The summed E-state index contributed by atoms with van der Waals surface area (Å²) in [4.78, 5) is 22.3. The van der Waals surface area contributed by atoms with E-state index in [0.29, 0.717) is 26.8 Å². The Bertz CT molecular complexity index is 1420. The highest BCUT2D eigenvalue weighted by molar-refractivity contribution is 14.1. The number of nitrogens with one attached hydrogen (secondary N) is 1. The molecule has 1 aliphatic carbocycles. The molecule has 8 heteroatoms. The zero-order valence-electron chi connectivity index (χ0n) is 21.8. The number of ether oxygens (including phenoxy) is 2. The lowest BCUT2D eigenvalue weighted by molar-refractivity contribution is 0.0686. The molecule has 0 amide bonds. The summed E-state index contributed by atoms with van der Waals surface area (Å²) in [7, 11) is 0. The lowest BCUT2D eigenvalue weighted by atomic mass is 9.95. The largest absolute Gasteiger partial charge is 0.478 e. The maximum Gasteiger partial charge on any atom is 0.337 e. The number of para-hydroxylation sites is 2. The molecule has 0 aromatic heterocycles. The second-order valence-corrected chi connectivity index (χ2v) is 10.4. The first-order chi connectivity index (χ1) is 19.4. The number of halogens is 1. The molecule has 0 heterocycles. The first-order valence-corrected chi connectivity index (χ1v) is 14.1. The number of carbonyl (C=O) groups is 2. The van der Waals surface area contributed by atoms with Crippen LogP contribution in [0.15, 0.2) is 97.1 Å². The molecule has 0 atom stereocenters. The second kappa shape index (κ2) is 14.4. The van der Waals surface area contributed by atoms with Crippen molar-refractivity contribution in [3.05, 3.63) is 112 Å². The number of hydrogen-bond acceptors (Lipinski definition) is 5. The average molecular weight is 651 g/mol. The normalized spacial score (nSPS) is 12.9. The SMILES string of the molecule is O=C(O)c1ccc(Oc2ccccc2)cc1I.O=C(O)c1ccc(Oc2ccccc2)cc1NC1CCCCC1. The molecule has 5 rings (SSSR count). The molecule has 7 nitrogen and oxygen atoms in total. The predicted molar refractivity (Wildman–Crippen MR) is 163 cm³/mol. The lowest BCUT2D eigenvalue weighted by Crippen LogP contribution is -2.23. The molecule has 4 aromatic carbocycles. The van der Waals surface area contributed by atoms with Gasteiger partial charge in [-0.15, -0.1) is 0 Å². The maximum absolute atomic E-state index is 11.5. The number of aromatic carboxylic acids is 2. The van der Waals surface area contributed by atoms with Gasteiger partial charge >= 0.3 is 11.9 Å². The molecule has 40 heavy (non-hydrogen) atoms. The van der Waals surface area contributed by atoms with Crippen LogP contribution in [0.3, 0.4) is 0 Å². The van der Waals surface area contributed by atoms with E-state index in [1.54, 1.807) is 36.4 Å². The summed E-state index contributed by atoms with van der Waals surface area (Å²) in [5.74, 6) is 0.880. The lowest BCUT2D eigenvalue weighted by Gasteiger charge is -2.25. The number of benzene rings is 4. The molecular formula is C32H30INO6. The van der Waals surface area contributed by atoms with Gasteiger partial charge in [-0.1, -0.05) is 55.7 Å². The summed E-state index contributed by atoms with van der Waals surface area (Å²) in [6.07, 6.45) is 5.83. The summed E-state index contributed by atoms with van der Waals surface area (Å²) in [6, 6.07) is 29.2. The Morgan fingerprint density at radius 1 is 0.650 bits per heavy atom. The zero-order chi connectivity index (χ0) is 28.3. The first kappa shape index (κ1) is 28.9. The van der Waals surface area contributed by atoms with Crippen molar-refractivity contribution in [1.29, 1.82) is 0 Å². The van der Waals surface area contributed by atoms with Crippen molar-refractivity contribution >= 4 is 40.2 Å². The van der Waals surface area contributed by atoms with E-state index >= 15 is 0 Å². The monoisotopic (exact) mass is 651 g/mol. The highest BCUT2D eigenvalue weighted by atomic mass is 127. The molecule has 1 saturated carbocycles. The van der Waals surface area contributed by atoms with Crippen molar-refractivity contribution in [3.8, 4) is 23.0 Å². The quantitative estimate of drug-likeness (QED) is 0.164. The van der Waals surface area contributed by atoms with E-state index in [4.69, 9.17) is 14.6 Å². The molecule has 0 saturated heterocycles. The van der Waals surface area contributed by atoms with Crippen LogP contribution >= 0.6 is 22.6 Å². The van der Waals surface area contributed by atoms with Gasteiger partial charge in [0.1, 0.15) is 23.0 Å². The first-order valence-electron chi connectivity index (χ1n) is 13.0. The summed E-state index contributed by atoms with van der Waals surface area (Å²) in [5, 5.41) is 21.7. The number of carboxylic acids is 2. The van der Waals surface area contributed by atoms with E-state index in [0.717, 1.165) is 24.3 Å². The van der Waals surface area contributed by atoms with Crippen molar-refractivity contribution in [2.75, 3.05) is 5.32 Å². The van der Waals surface area contributed by atoms with Crippen LogP contribution in [-0.2, 0) is 0 Å². The molecule has 0 spiro atoms. The van der Waals surface area contributed by atoms with Gasteiger partial charge in [-0.05, 0) is 90.0 Å². The molecule has 206 valence electrons. The number of rotatable bonds is 8. The van der Waals surface area contributed by atoms with Gasteiger partial charge in [0.25, 0.3) is 0 Å². The Hall–Kier alpha value is -4.05. The van der Waals surface area contributed by atoms with Crippen LogP contribution < -0.4 is 14.8 Å². The number of hydrogen-bond donors (Lipinski definition) is 3. The van der Waals surface area contributed by atoms with Crippen LogP contribution in [0.2, 0.25) is 0 Å². The second-order valence-electron chi connectivity index (χ2n) is 9.27. The molecule has 0 aliphatic heterocycles. The summed E-state index contributed by atoms with van der Waals surface area (Å²) < 4.78 is 12.1. The van der Waals surface area contributed by atoms with Crippen LogP contribution in [0.5, 0.6) is 23.0 Å². The van der Waals surface area contributed by atoms with E-state index < -0.39 is 11.9 Å². The molecule has 0 unspecified atom stereocenters.